The second-order valence-electron chi connectivity index (χ2n) is 5.33. The zero-order valence-electron chi connectivity index (χ0n) is 14.4. The van der Waals surface area contributed by atoms with Crippen molar-refractivity contribution >= 4 is 17.3 Å². The minimum absolute atomic E-state index is 0.311. The normalized spacial score (nSPS) is 11.0. The molecular weight excluding hydrogens is 324 g/mol. The Bertz CT molecular complexity index is 681. The predicted octanol–water partition coefficient (Wildman–Crippen LogP) is 3.79. The molecule has 2 rings (SSSR count). The number of aryl methyl sites for hydroxylation is 1. The van der Waals surface area contributed by atoms with E-state index in [2.05, 4.69) is 23.7 Å². The van der Waals surface area contributed by atoms with Gasteiger partial charge in [-0.05, 0) is 31.6 Å². The highest BCUT2D eigenvalue weighted by Gasteiger charge is 2.18. The predicted molar refractivity (Wildman–Crippen MR) is 97.2 cm³/mol. The molecule has 0 fully saturated rings. The number of carboxylic acids is 1. The highest BCUT2D eigenvalue weighted by atomic mass is 32.1. The fourth-order valence-electron chi connectivity index (χ4n) is 2.47. The zero-order chi connectivity index (χ0) is 17.5. The quantitative estimate of drug-likeness (QED) is 0.747. The summed E-state index contributed by atoms with van der Waals surface area (Å²) in [6.45, 7) is 9.62. The first-order valence-electron chi connectivity index (χ1n) is 8.28. The van der Waals surface area contributed by atoms with Gasteiger partial charge in [0.05, 0.1) is 11.3 Å². The Labute approximate surface area is 146 Å². The van der Waals surface area contributed by atoms with E-state index in [4.69, 9.17) is 4.74 Å². The van der Waals surface area contributed by atoms with Crippen LogP contribution in [0.5, 0.6) is 5.75 Å². The van der Waals surface area contributed by atoms with Gasteiger partial charge in [-0.25, -0.2) is 9.78 Å². The highest BCUT2D eigenvalue weighted by Crippen LogP contribution is 2.34. The maximum Gasteiger partial charge on any atom is 0.347 e. The van der Waals surface area contributed by atoms with Crippen molar-refractivity contribution in [3.63, 3.8) is 0 Å². The number of aromatic carboxylic acids is 1. The second-order valence-corrected chi connectivity index (χ2v) is 6.32. The molecule has 0 aliphatic carbocycles. The summed E-state index contributed by atoms with van der Waals surface area (Å²) in [4.78, 5) is 18.5. The Hall–Kier alpha value is -1.92. The largest absolute Gasteiger partial charge is 0.492 e. The topological polar surface area (TPSA) is 62.7 Å². The lowest BCUT2D eigenvalue weighted by Crippen LogP contribution is -2.27. The van der Waals surface area contributed by atoms with Gasteiger partial charge in [-0.3, -0.25) is 0 Å². The molecule has 0 radical (unpaired) electrons. The number of carboxylic acid groups (broad SMARTS) is 1. The maximum absolute atomic E-state index is 11.4. The first-order chi connectivity index (χ1) is 11.6. The lowest BCUT2D eigenvalue weighted by Gasteiger charge is -2.18. The van der Waals surface area contributed by atoms with Crippen LogP contribution in [0.1, 0.15) is 36.1 Å². The molecule has 1 aromatic carbocycles. The number of nitrogens with zero attached hydrogens (tertiary/aromatic N) is 2. The van der Waals surface area contributed by atoms with Crippen LogP contribution >= 0.6 is 11.3 Å². The summed E-state index contributed by atoms with van der Waals surface area (Å²) < 4.78 is 5.95. The summed E-state index contributed by atoms with van der Waals surface area (Å²) >= 11 is 1.21. The van der Waals surface area contributed by atoms with Gasteiger partial charge in [-0.1, -0.05) is 32.9 Å². The van der Waals surface area contributed by atoms with Crippen molar-refractivity contribution in [1.29, 1.82) is 0 Å². The molecule has 0 aliphatic rings. The van der Waals surface area contributed by atoms with Gasteiger partial charge in [0.15, 0.2) is 0 Å². The number of aromatic nitrogens is 1. The van der Waals surface area contributed by atoms with E-state index in [-0.39, 0.29) is 0 Å². The fraction of sp³-hybridized carbons (Fsp3) is 0.444. The Morgan fingerprint density at radius 1 is 1.25 bits per heavy atom. The van der Waals surface area contributed by atoms with Crippen molar-refractivity contribution in [2.45, 2.75) is 27.2 Å². The smallest absolute Gasteiger partial charge is 0.347 e. The van der Waals surface area contributed by atoms with E-state index < -0.39 is 5.97 Å². The molecule has 0 atom stereocenters. The molecule has 1 N–H and O–H groups in total. The maximum atomic E-state index is 11.4. The van der Waals surface area contributed by atoms with Crippen LogP contribution in [0.15, 0.2) is 24.3 Å². The first-order valence-corrected chi connectivity index (χ1v) is 9.09. The fourth-order valence-corrected chi connectivity index (χ4v) is 3.49. The van der Waals surface area contributed by atoms with Crippen LogP contribution in [0.3, 0.4) is 0 Å². The van der Waals surface area contributed by atoms with Crippen LogP contribution in [-0.2, 0) is 6.42 Å². The van der Waals surface area contributed by atoms with Crippen LogP contribution in [0, 0.1) is 0 Å². The third-order valence-electron chi connectivity index (χ3n) is 3.90. The molecule has 0 amide bonds. The minimum Gasteiger partial charge on any atom is -0.492 e. The summed E-state index contributed by atoms with van der Waals surface area (Å²) in [6.07, 6.45) is 0.600. The standard InChI is InChI=1S/C18H24N2O3S/c1-4-14-16(18(21)22)24-17(19-14)13-9-7-8-10-15(13)23-12-11-20(5-2)6-3/h7-10H,4-6,11-12H2,1-3H3,(H,21,22). The molecule has 0 saturated heterocycles. The van der Waals surface area contributed by atoms with Crippen molar-refractivity contribution in [2.75, 3.05) is 26.2 Å². The van der Waals surface area contributed by atoms with Gasteiger partial charge in [0.2, 0.25) is 0 Å². The molecule has 6 heteroatoms. The van der Waals surface area contributed by atoms with Gasteiger partial charge >= 0.3 is 5.97 Å². The number of likely N-dealkylation sites (N-methyl/N-ethyl adjacent to an activating group) is 1. The number of hydrogen-bond donors (Lipinski definition) is 1. The van der Waals surface area contributed by atoms with E-state index in [1.54, 1.807) is 0 Å². The van der Waals surface area contributed by atoms with Crippen molar-refractivity contribution in [1.82, 2.24) is 9.88 Å². The zero-order valence-corrected chi connectivity index (χ0v) is 15.2. The number of benzene rings is 1. The molecule has 130 valence electrons. The third kappa shape index (κ3) is 4.33. The van der Waals surface area contributed by atoms with Crippen LogP contribution in [0.2, 0.25) is 0 Å². The summed E-state index contributed by atoms with van der Waals surface area (Å²) in [6, 6.07) is 7.67. The van der Waals surface area contributed by atoms with Gasteiger partial charge in [-0.2, -0.15) is 0 Å². The van der Waals surface area contributed by atoms with E-state index in [9.17, 15) is 9.90 Å². The van der Waals surface area contributed by atoms with Crippen LogP contribution in [-0.4, -0.2) is 47.2 Å². The van der Waals surface area contributed by atoms with Crippen molar-refractivity contribution in [3.8, 4) is 16.3 Å². The van der Waals surface area contributed by atoms with Gasteiger partial charge in [0, 0.05) is 6.54 Å². The number of hydrogen-bond acceptors (Lipinski definition) is 5. The van der Waals surface area contributed by atoms with Gasteiger partial charge in [0.25, 0.3) is 0 Å². The summed E-state index contributed by atoms with van der Waals surface area (Å²) in [7, 11) is 0. The number of ether oxygens (including phenoxy) is 1. The van der Waals surface area contributed by atoms with Crippen molar-refractivity contribution in [3.05, 3.63) is 34.8 Å². The lowest BCUT2D eigenvalue weighted by atomic mass is 10.2. The Morgan fingerprint density at radius 3 is 2.54 bits per heavy atom. The summed E-state index contributed by atoms with van der Waals surface area (Å²) in [5.74, 6) is -0.173. The molecule has 0 spiro atoms. The Kier molecular flexibility index (Phi) is 6.75. The molecule has 1 aromatic heterocycles. The number of para-hydroxylation sites is 1. The minimum atomic E-state index is -0.921. The van der Waals surface area contributed by atoms with Crippen LogP contribution in [0.4, 0.5) is 0 Å². The molecule has 0 unspecified atom stereocenters. The van der Waals surface area contributed by atoms with Crippen LogP contribution in [0.25, 0.3) is 10.6 Å². The number of rotatable bonds is 9. The third-order valence-corrected chi connectivity index (χ3v) is 5.02. The molecule has 0 saturated carbocycles. The average Bonchev–Trinajstić information content (AvgIpc) is 3.03. The van der Waals surface area contributed by atoms with E-state index >= 15 is 0 Å². The van der Waals surface area contributed by atoms with Crippen molar-refractivity contribution in [2.24, 2.45) is 0 Å². The molecule has 24 heavy (non-hydrogen) atoms. The Morgan fingerprint density at radius 2 is 1.96 bits per heavy atom. The molecule has 0 bridgehead atoms. The Balaban J connectivity index is 2.21. The SMILES string of the molecule is CCc1nc(-c2ccccc2OCCN(CC)CC)sc1C(=O)O. The van der Waals surface area contributed by atoms with E-state index in [1.165, 1.54) is 11.3 Å². The number of thiazole rings is 1. The average molecular weight is 348 g/mol. The van der Waals surface area contributed by atoms with E-state index in [1.807, 2.05) is 31.2 Å². The summed E-state index contributed by atoms with van der Waals surface area (Å²) in [5.41, 5.74) is 1.48. The lowest BCUT2D eigenvalue weighted by molar-refractivity contribution is 0.0701. The van der Waals surface area contributed by atoms with Gasteiger partial charge < -0.3 is 14.7 Å². The molecule has 5 nitrogen and oxygen atoms in total. The monoisotopic (exact) mass is 348 g/mol. The van der Waals surface area contributed by atoms with Gasteiger partial charge in [0.1, 0.15) is 22.2 Å². The second kappa shape index (κ2) is 8.80. The number of carbonyl (C=O) groups is 1. The van der Waals surface area contributed by atoms with Crippen molar-refractivity contribution < 1.29 is 14.6 Å². The first kappa shape index (κ1) is 18.4. The molecule has 2 aromatic rings. The van der Waals surface area contributed by atoms with Gasteiger partial charge in [-0.15, -0.1) is 11.3 Å². The van der Waals surface area contributed by atoms with E-state index in [0.29, 0.717) is 28.6 Å². The molecule has 1 heterocycles. The summed E-state index contributed by atoms with van der Waals surface area (Å²) in [5, 5.41) is 10.0. The van der Waals surface area contributed by atoms with E-state index in [0.717, 1.165) is 30.9 Å². The molecule has 0 aliphatic heterocycles. The highest BCUT2D eigenvalue weighted by molar-refractivity contribution is 7.17. The van der Waals surface area contributed by atoms with Crippen LogP contribution < -0.4 is 4.74 Å². The molecular formula is C18H24N2O3S.